The monoisotopic (exact) mass is 393 g/mol. The third-order valence-corrected chi connectivity index (χ3v) is 4.87. The molecule has 0 fully saturated rings. The van der Waals surface area contributed by atoms with Gasteiger partial charge in [-0.15, -0.1) is 5.10 Å². The van der Waals surface area contributed by atoms with Crippen molar-refractivity contribution in [3.05, 3.63) is 90.6 Å². The van der Waals surface area contributed by atoms with Crippen LogP contribution in [0.25, 0.3) is 22.2 Å². The van der Waals surface area contributed by atoms with Gasteiger partial charge in [0.2, 0.25) is 0 Å². The van der Waals surface area contributed by atoms with Crippen LogP contribution in [0.4, 0.5) is 11.5 Å². The van der Waals surface area contributed by atoms with E-state index in [0.717, 1.165) is 39.5 Å². The Morgan fingerprint density at radius 2 is 1.73 bits per heavy atom. The van der Waals surface area contributed by atoms with Crippen molar-refractivity contribution in [3.63, 3.8) is 0 Å². The molecule has 30 heavy (non-hydrogen) atoms. The summed E-state index contributed by atoms with van der Waals surface area (Å²) in [4.78, 5) is 0. The Morgan fingerprint density at radius 1 is 0.867 bits per heavy atom. The van der Waals surface area contributed by atoms with Gasteiger partial charge in [0.25, 0.3) is 0 Å². The number of hydrogen-bond donors (Lipinski definition) is 2. The molecule has 0 spiro atoms. The quantitative estimate of drug-likeness (QED) is 0.391. The standard InChI is InChI=1S/C24H19N5O/c1-16-10-11-18(26-23-21-12-13-25-27-24(21)29-28-23)15-22(16)17-6-5-9-20(14-17)30-19-7-3-2-4-8-19/h2-15H,1H3,(H2,26,27,28,29). The summed E-state index contributed by atoms with van der Waals surface area (Å²) >= 11 is 0. The van der Waals surface area contributed by atoms with E-state index in [9.17, 15) is 0 Å². The van der Waals surface area contributed by atoms with Crippen LogP contribution in [0.3, 0.4) is 0 Å². The number of nitrogens with zero attached hydrogens (tertiary/aromatic N) is 3. The number of fused-ring (bicyclic) bond motifs is 1. The molecule has 0 saturated carbocycles. The smallest absolute Gasteiger partial charge is 0.180 e. The molecule has 5 aromatic rings. The van der Waals surface area contributed by atoms with Crippen LogP contribution in [0, 0.1) is 6.92 Å². The number of ether oxygens (including phenoxy) is 1. The molecule has 0 amide bonds. The third-order valence-electron chi connectivity index (χ3n) is 4.87. The van der Waals surface area contributed by atoms with Crippen molar-refractivity contribution in [1.29, 1.82) is 0 Å². The van der Waals surface area contributed by atoms with Crippen LogP contribution in [-0.4, -0.2) is 20.4 Å². The van der Waals surface area contributed by atoms with Crippen LogP contribution >= 0.6 is 0 Å². The molecule has 2 heterocycles. The third kappa shape index (κ3) is 3.58. The van der Waals surface area contributed by atoms with E-state index in [1.54, 1.807) is 6.20 Å². The van der Waals surface area contributed by atoms with Gasteiger partial charge in [-0.25, -0.2) is 0 Å². The van der Waals surface area contributed by atoms with Crippen molar-refractivity contribution in [1.82, 2.24) is 20.4 Å². The van der Waals surface area contributed by atoms with Gasteiger partial charge in [-0.3, -0.25) is 5.10 Å². The van der Waals surface area contributed by atoms with Gasteiger partial charge in [-0.05, 0) is 66.1 Å². The molecular weight excluding hydrogens is 374 g/mol. The summed E-state index contributed by atoms with van der Waals surface area (Å²) in [6.07, 6.45) is 1.65. The first kappa shape index (κ1) is 17.9. The van der Waals surface area contributed by atoms with Crippen LogP contribution in [0.1, 0.15) is 5.56 Å². The number of benzene rings is 3. The fraction of sp³-hybridized carbons (Fsp3) is 0.0417. The molecule has 2 aromatic heterocycles. The number of aromatic amines is 1. The summed E-state index contributed by atoms with van der Waals surface area (Å²) in [5, 5.41) is 19.4. The van der Waals surface area contributed by atoms with Gasteiger partial charge in [-0.2, -0.15) is 10.2 Å². The molecule has 0 unspecified atom stereocenters. The highest BCUT2D eigenvalue weighted by atomic mass is 16.5. The molecule has 6 nitrogen and oxygen atoms in total. The Kier molecular flexibility index (Phi) is 4.57. The zero-order valence-corrected chi connectivity index (χ0v) is 16.3. The van der Waals surface area contributed by atoms with Crippen molar-refractivity contribution in [2.24, 2.45) is 0 Å². The molecule has 2 N–H and O–H groups in total. The van der Waals surface area contributed by atoms with E-state index >= 15 is 0 Å². The molecule has 0 radical (unpaired) electrons. The number of nitrogens with one attached hydrogen (secondary N) is 2. The van der Waals surface area contributed by atoms with Gasteiger partial charge in [0, 0.05) is 5.69 Å². The molecule has 5 rings (SSSR count). The zero-order chi connectivity index (χ0) is 20.3. The predicted molar refractivity (Wildman–Crippen MR) is 118 cm³/mol. The van der Waals surface area contributed by atoms with E-state index in [1.165, 1.54) is 5.56 Å². The van der Waals surface area contributed by atoms with Crippen LogP contribution in [0.5, 0.6) is 11.5 Å². The summed E-state index contributed by atoms with van der Waals surface area (Å²) in [6, 6.07) is 26.0. The Balaban J connectivity index is 1.46. The van der Waals surface area contributed by atoms with Crippen molar-refractivity contribution in [2.45, 2.75) is 6.92 Å². The lowest BCUT2D eigenvalue weighted by Gasteiger charge is -2.12. The van der Waals surface area contributed by atoms with Crippen molar-refractivity contribution in [2.75, 3.05) is 5.32 Å². The fourth-order valence-electron chi connectivity index (χ4n) is 3.37. The van der Waals surface area contributed by atoms with Crippen LogP contribution in [0.2, 0.25) is 0 Å². The molecule has 3 aromatic carbocycles. The molecule has 0 aliphatic carbocycles. The molecule has 0 aliphatic rings. The van der Waals surface area contributed by atoms with Crippen LogP contribution in [0.15, 0.2) is 85.1 Å². The highest BCUT2D eigenvalue weighted by Gasteiger charge is 2.09. The van der Waals surface area contributed by atoms with Gasteiger partial charge < -0.3 is 10.1 Å². The van der Waals surface area contributed by atoms with Gasteiger partial charge in [-0.1, -0.05) is 36.4 Å². The lowest BCUT2D eigenvalue weighted by atomic mass is 9.99. The van der Waals surface area contributed by atoms with E-state index in [0.29, 0.717) is 5.65 Å². The van der Waals surface area contributed by atoms with Crippen LogP contribution in [-0.2, 0) is 0 Å². The highest BCUT2D eigenvalue weighted by molar-refractivity contribution is 5.89. The summed E-state index contributed by atoms with van der Waals surface area (Å²) in [7, 11) is 0. The number of anilines is 2. The van der Waals surface area contributed by atoms with Gasteiger partial charge in [0.15, 0.2) is 11.5 Å². The second kappa shape index (κ2) is 7.67. The highest BCUT2D eigenvalue weighted by Crippen LogP contribution is 2.32. The topological polar surface area (TPSA) is 75.7 Å². The average molecular weight is 393 g/mol. The largest absolute Gasteiger partial charge is 0.457 e. The maximum Gasteiger partial charge on any atom is 0.180 e. The Morgan fingerprint density at radius 3 is 2.63 bits per heavy atom. The van der Waals surface area contributed by atoms with E-state index in [1.807, 2.05) is 54.6 Å². The minimum absolute atomic E-state index is 0.651. The number of hydrogen-bond acceptors (Lipinski definition) is 5. The molecule has 6 heteroatoms. The molecule has 146 valence electrons. The number of para-hydroxylation sites is 1. The Hall–Kier alpha value is -4.19. The van der Waals surface area contributed by atoms with Crippen molar-refractivity contribution < 1.29 is 4.74 Å². The second-order valence-corrected chi connectivity index (χ2v) is 6.96. The van der Waals surface area contributed by atoms with E-state index in [4.69, 9.17) is 4.74 Å². The lowest BCUT2D eigenvalue weighted by molar-refractivity contribution is 0.483. The summed E-state index contributed by atoms with van der Waals surface area (Å²) in [5.74, 6) is 2.33. The van der Waals surface area contributed by atoms with E-state index in [2.05, 4.69) is 56.9 Å². The van der Waals surface area contributed by atoms with E-state index in [-0.39, 0.29) is 0 Å². The average Bonchev–Trinajstić information content (AvgIpc) is 3.19. The molecule has 0 atom stereocenters. The maximum absolute atomic E-state index is 6.00. The zero-order valence-electron chi connectivity index (χ0n) is 16.3. The van der Waals surface area contributed by atoms with Gasteiger partial charge in [0.1, 0.15) is 11.5 Å². The fourth-order valence-corrected chi connectivity index (χ4v) is 3.37. The summed E-state index contributed by atoms with van der Waals surface area (Å²) in [5.41, 5.74) is 4.98. The molecule has 0 aliphatic heterocycles. The number of aromatic nitrogens is 4. The van der Waals surface area contributed by atoms with Crippen molar-refractivity contribution >= 4 is 22.5 Å². The first-order chi connectivity index (χ1) is 14.8. The van der Waals surface area contributed by atoms with Gasteiger partial charge in [0.05, 0.1) is 11.6 Å². The number of rotatable bonds is 5. The maximum atomic E-state index is 6.00. The van der Waals surface area contributed by atoms with Gasteiger partial charge >= 0.3 is 0 Å². The normalized spacial score (nSPS) is 10.8. The number of aryl methyl sites for hydroxylation is 1. The molecule has 0 bridgehead atoms. The Bertz CT molecular complexity index is 1310. The first-order valence-corrected chi connectivity index (χ1v) is 9.63. The summed E-state index contributed by atoms with van der Waals surface area (Å²) in [6.45, 7) is 2.10. The number of H-pyrrole nitrogens is 1. The van der Waals surface area contributed by atoms with Crippen LogP contribution < -0.4 is 10.1 Å². The minimum atomic E-state index is 0.651. The second-order valence-electron chi connectivity index (χ2n) is 6.96. The SMILES string of the molecule is Cc1ccc(Nc2n[nH]c3nnccc23)cc1-c1cccc(Oc2ccccc2)c1. The van der Waals surface area contributed by atoms with Crippen molar-refractivity contribution in [3.8, 4) is 22.6 Å². The predicted octanol–water partition coefficient (Wildman–Crippen LogP) is 5.86. The van der Waals surface area contributed by atoms with E-state index < -0.39 is 0 Å². The Labute approximate surface area is 173 Å². The first-order valence-electron chi connectivity index (χ1n) is 9.63. The molecule has 0 saturated heterocycles. The lowest BCUT2D eigenvalue weighted by Crippen LogP contribution is -1.93. The molecular formula is C24H19N5O. The minimum Gasteiger partial charge on any atom is -0.457 e. The summed E-state index contributed by atoms with van der Waals surface area (Å²) < 4.78 is 6.00.